The van der Waals surface area contributed by atoms with Crippen LogP contribution in [0.3, 0.4) is 0 Å². The SMILES string of the molecule is C=C(C)C(CC(C)=C(C)C)C(C)C. The van der Waals surface area contributed by atoms with Crippen LogP contribution in [-0.2, 0) is 0 Å². The molecule has 0 spiro atoms. The van der Waals surface area contributed by atoms with Crippen LogP contribution < -0.4 is 0 Å². The summed E-state index contributed by atoms with van der Waals surface area (Å²) in [5, 5.41) is 0. The third kappa shape index (κ3) is 4.31. The summed E-state index contributed by atoms with van der Waals surface area (Å²) in [6, 6.07) is 0. The minimum Gasteiger partial charge on any atom is -0.0998 e. The van der Waals surface area contributed by atoms with E-state index in [1.807, 2.05) is 0 Å². The van der Waals surface area contributed by atoms with Crippen LogP contribution in [0.2, 0.25) is 0 Å². The van der Waals surface area contributed by atoms with Gasteiger partial charge in [0.2, 0.25) is 0 Å². The zero-order valence-corrected chi connectivity index (χ0v) is 10.1. The molecule has 0 aliphatic carbocycles. The van der Waals surface area contributed by atoms with E-state index in [1.54, 1.807) is 0 Å². The molecule has 0 radical (unpaired) electrons. The fourth-order valence-electron chi connectivity index (χ4n) is 1.51. The average molecular weight is 180 g/mol. The zero-order valence-electron chi connectivity index (χ0n) is 10.1. The van der Waals surface area contributed by atoms with Gasteiger partial charge in [-0.15, -0.1) is 0 Å². The van der Waals surface area contributed by atoms with E-state index in [9.17, 15) is 0 Å². The Bertz CT molecular complexity index is 202. The Kier molecular flexibility index (Phi) is 5.05. The quantitative estimate of drug-likeness (QED) is 0.555. The van der Waals surface area contributed by atoms with Crippen molar-refractivity contribution in [2.75, 3.05) is 0 Å². The second-order valence-corrected chi connectivity index (χ2v) is 4.68. The molecule has 0 rings (SSSR count). The Morgan fingerprint density at radius 2 is 1.54 bits per heavy atom. The first kappa shape index (κ1) is 12.5. The van der Waals surface area contributed by atoms with Gasteiger partial charge in [-0.05, 0) is 46.0 Å². The van der Waals surface area contributed by atoms with Crippen molar-refractivity contribution in [1.29, 1.82) is 0 Å². The van der Waals surface area contributed by atoms with Crippen molar-refractivity contribution in [2.24, 2.45) is 11.8 Å². The highest BCUT2D eigenvalue weighted by Gasteiger charge is 2.14. The number of hydrogen-bond donors (Lipinski definition) is 0. The fraction of sp³-hybridized carbons (Fsp3) is 0.692. The highest BCUT2D eigenvalue weighted by molar-refractivity contribution is 5.12. The zero-order chi connectivity index (χ0) is 10.6. The molecule has 0 aromatic rings. The number of hydrogen-bond acceptors (Lipinski definition) is 0. The summed E-state index contributed by atoms with van der Waals surface area (Å²) >= 11 is 0. The van der Waals surface area contributed by atoms with Crippen LogP contribution in [-0.4, -0.2) is 0 Å². The van der Waals surface area contributed by atoms with E-state index in [0.717, 1.165) is 0 Å². The van der Waals surface area contributed by atoms with Gasteiger partial charge in [0.05, 0.1) is 0 Å². The molecule has 0 aliphatic heterocycles. The maximum absolute atomic E-state index is 4.07. The molecule has 0 heteroatoms. The summed E-state index contributed by atoms with van der Waals surface area (Å²) in [4.78, 5) is 0. The smallest absolute Gasteiger partial charge is 0.0148 e. The molecular weight excluding hydrogens is 156 g/mol. The van der Waals surface area contributed by atoms with E-state index < -0.39 is 0 Å². The van der Waals surface area contributed by atoms with Crippen LogP contribution in [0.5, 0.6) is 0 Å². The second kappa shape index (κ2) is 5.26. The van der Waals surface area contributed by atoms with Crippen molar-refractivity contribution in [1.82, 2.24) is 0 Å². The Morgan fingerprint density at radius 1 is 1.08 bits per heavy atom. The molecule has 1 unspecified atom stereocenters. The molecule has 0 aromatic carbocycles. The molecule has 0 aliphatic rings. The topological polar surface area (TPSA) is 0 Å². The van der Waals surface area contributed by atoms with Crippen LogP contribution in [0.25, 0.3) is 0 Å². The van der Waals surface area contributed by atoms with Gasteiger partial charge in [-0.25, -0.2) is 0 Å². The Hall–Kier alpha value is -0.520. The maximum Gasteiger partial charge on any atom is -0.0148 e. The minimum absolute atomic E-state index is 0.648. The van der Waals surface area contributed by atoms with Crippen LogP contribution in [0.4, 0.5) is 0 Å². The third-order valence-electron chi connectivity index (χ3n) is 2.82. The summed E-state index contributed by atoms with van der Waals surface area (Å²) in [5.41, 5.74) is 4.28. The second-order valence-electron chi connectivity index (χ2n) is 4.68. The standard InChI is InChI=1S/C13H24/c1-9(2)12(7)8-13(10(3)4)11(5)6/h11,13H,3,8H2,1-2,4-7H3. The first-order valence-corrected chi connectivity index (χ1v) is 5.14. The predicted octanol–water partition coefficient (Wildman–Crippen LogP) is 4.58. The molecular formula is C13H24. The Balaban J connectivity index is 4.45. The lowest BCUT2D eigenvalue weighted by molar-refractivity contribution is 0.439. The minimum atomic E-state index is 0.648. The van der Waals surface area contributed by atoms with Crippen LogP contribution in [0, 0.1) is 11.8 Å². The van der Waals surface area contributed by atoms with Crippen molar-refractivity contribution in [3.8, 4) is 0 Å². The molecule has 0 amide bonds. The lowest BCUT2D eigenvalue weighted by Crippen LogP contribution is -2.10. The average Bonchev–Trinajstić information content (AvgIpc) is 1.97. The van der Waals surface area contributed by atoms with Crippen LogP contribution >= 0.6 is 0 Å². The Morgan fingerprint density at radius 3 is 1.77 bits per heavy atom. The third-order valence-corrected chi connectivity index (χ3v) is 2.82. The van der Waals surface area contributed by atoms with E-state index in [4.69, 9.17) is 0 Å². The van der Waals surface area contributed by atoms with Gasteiger partial charge in [0, 0.05) is 0 Å². The van der Waals surface area contributed by atoms with Crippen molar-refractivity contribution >= 4 is 0 Å². The maximum atomic E-state index is 4.07. The summed E-state index contributed by atoms with van der Waals surface area (Å²) < 4.78 is 0. The van der Waals surface area contributed by atoms with Crippen LogP contribution in [0.1, 0.15) is 48.0 Å². The molecule has 0 bridgehead atoms. The first-order valence-electron chi connectivity index (χ1n) is 5.14. The van der Waals surface area contributed by atoms with Gasteiger partial charge in [-0.1, -0.05) is 37.1 Å². The van der Waals surface area contributed by atoms with Gasteiger partial charge in [-0.2, -0.15) is 0 Å². The molecule has 0 fully saturated rings. The van der Waals surface area contributed by atoms with Gasteiger partial charge in [0.1, 0.15) is 0 Å². The molecule has 13 heavy (non-hydrogen) atoms. The van der Waals surface area contributed by atoms with E-state index >= 15 is 0 Å². The van der Waals surface area contributed by atoms with Crippen molar-refractivity contribution < 1.29 is 0 Å². The van der Waals surface area contributed by atoms with Gasteiger partial charge in [0.15, 0.2) is 0 Å². The summed E-state index contributed by atoms with van der Waals surface area (Å²) in [6.07, 6.45) is 1.18. The molecule has 0 saturated heterocycles. The number of allylic oxidation sites excluding steroid dienone is 3. The first-order chi connectivity index (χ1) is 5.86. The van der Waals surface area contributed by atoms with Gasteiger partial charge < -0.3 is 0 Å². The lowest BCUT2D eigenvalue weighted by Gasteiger charge is -2.22. The van der Waals surface area contributed by atoms with Crippen molar-refractivity contribution in [3.63, 3.8) is 0 Å². The van der Waals surface area contributed by atoms with Crippen LogP contribution in [0.15, 0.2) is 23.3 Å². The number of rotatable bonds is 4. The molecule has 0 nitrogen and oxygen atoms in total. The van der Waals surface area contributed by atoms with E-state index in [2.05, 4.69) is 48.1 Å². The predicted molar refractivity (Wildman–Crippen MR) is 61.8 cm³/mol. The van der Waals surface area contributed by atoms with Gasteiger partial charge >= 0.3 is 0 Å². The highest BCUT2D eigenvalue weighted by Crippen LogP contribution is 2.27. The van der Waals surface area contributed by atoms with Gasteiger partial charge in [0.25, 0.3) is 0 Å². The largest absolute Gasteiger partial charge is 0.0998 e. The van der Waals surface area contributed by atoms with E-state index in [0.29, 0.717) is 11.8 Å². The van der Waals surface area contributed by atoms with Crippen molar-refractivity contribution in [3.05, 3.63) is 23.3 Å². The molecule has 0 saturated carbocycles. The molecule has 0 aromatic heterocycles. The molecule has 0 heterocycles. The highest BCUT2D eigenvalue weighted by atomic mass is 14.2. The van der Waals surface area contributed by atoms with E-state index in [1.165, 1.54) is 23.1 Å². The fourth-order valence-corrected chi connectivity index (χ4v) is 1.51. The summed E-state index contributed by atoms with van der Waals surface area (Å²) in [7, 11) is 0. The molecule has 76 valence electrons. The lowest BCUT2D eigenvalue weighted by atomic mass is 9.84. The summed E-state index contributed by atoms with van der Waals surface area (Å²) in [6.45, 7) is 17.4. The Labute approximate surface area is 83.7 Å². The normalized spacial score (nSPS) is 12.8. The molecule has 0 N–H and O–H groups in total. The summed E-state index contributed by atoms with van der Waals surface area (Å²) in [5.74, 6) is 1.35. The van der Waals surface area contributed by atoms with E-state index in [-0.39, 0.29) is 0 Å². The van der Waals surface area contributed by atoms with Crippen molar-refractivity contribution in [2.45, 2.75) is 48.0 Å². The monoisotopic (exact) mass is 180 g/mol. The van der Waals surface area contributed by atoms with Gasteiger partial charge in [-0.3, -0.25) is 0 Å². The molecule has 1 atom stereocenters.